The SMILES string of the molecule is Cl.O=C(COCCC(F)F)OC1CCNCC1. The minimum absolute atomic E-state index is 0. The molecule has 1 aliphatic heterocycles. The van der Waals surface area contributed by atoms with Crippen LogP contribution in [0.25, 0.3) is 0 Å². The van der Waals surface area contributed by atoms with E-state index in [2.05, 4.69) is 5.32 Å². The first-order valence-corrected chi connectivity index (χ1v) is 5.44. The van der Waals surface area contributed by atoms with Crippen molar-refractivity contribution in [3.63, 3.8) is 0 Å². The van der Waals surface area contributed by atoms with Gasteiger partial charge in [-0.25, -0.2) is 13.6 Å². The fourth-order valence-electron chi connectivity index (χ4n) is 1.46. The number of hydrogen-bond acceptors (Lipinski definition) is 4. The Morgan fingerprint density at radius 3 is 2.59 bits per heavy atom. The summed E-state index contributed by atoms with van der Waals surface area (Å²) in [6.45, 7) is 1.32. The molecule has 4 nitrogen and oxygen atoms in total. The molecule has 1 rings (SSSR count). The zero-order chi connectivity index (χ0) is 11.8. The van der Waals surface area contributed by atoms with Crippen LogP contribution in [0.2, 0.25) is 0 Å². The van der Waals surface area contributed by atoms with Crippen molar-refractivity contribution in [2.45, 2.75) is 31.8 Å². The Morgan fingerprint density at radius 1 is 1.35 bits per heavy atom. The summed E-state index contributed by atoms with van der Waals surface area (Å²) in [5.41, 5.74) is 0. The number of halogens is 3. The Morgan fingerprint density at radius 2 is 2.00 bits per heavy atom. The van der Waals surface area contributed by atoms with Crippen molar-refractivity contribution in [3.05, 3.63) is 0 Å². The van der Waals surface area contributed by atoms with E-state index in [-0.39, 0.29) is 38.1 Å². The fraction of sp³-hybridized carbons (Fsp3) is 0.900. The van der Waals surface area contributed by atoms with Gasteiger partial charge in [0.05, 0.1) is 6.61 Å². The summed E-state index contributed by atoms with van der Waals surface area (Å²) >= 11 is 0. The van der Waals surface area contributed by atoms with Crippen LogP contribution in [-0.4, -0.2) is 44.8 Å². The third-order valence-electron chi connectivity index (χ3n) is 2.28. The van der Waals surface area contributed by atoms with Crippen molar-refractivity contribution in [2.75, 3.05) is 26.3 Å². The maximum Gasteiger partial charge on any atom is 0.332 e. The van der Waals surface area contributed by atoms with E-state index in [1.165, 1.54) is 0 Å². The maximum atomic E-state index is 11.7. The van der Waals surface area contributed by atoms with Gasteiger partial charge in [0, 0.05) is 6.42 Å². The Labute approximate surface area is 105 Å². The van der Waals surface area contributed by atoms with Crippen molar-refractivity contribution in [2.24, 2.45) is 0 Å². The Bertz CT molecular complexity index is 214. The summed E-state index contributed by atoms with van der Waals surface area (Å²) in [4.78, 5) is 11.2. The van der Waals surface area contributed by atoms with E-state index >= 15 is 0 Å². The lowest BCUT2D eigenvalue weighted by Crippen LogP contribution is -2.34. The van der Waals surface area contributed by atoms with Crippen molar-refractivity contribution >= 4 is 18.4 Å². The quantitative estimate of drug-likeness (QED) is 0.587. The number of piperidine rings is 1. The number of carbonyl (C=O) groups is 1. The highest BCUT2D eigenvalue weighted by Gasteiger charge is 2.17. The minimum Gasteiger partial charge on any atom is -0.461 e. The molecule has 0 aromatic rings. The first-order valence-electron chi connectivity index (χ1n) is 5.44. The van der Waals surface area contributed by atoms with Crippen LogP contribution in [0.1, 0.15) is 19.3 Å². The van der Waals surface area contributed by atoms with Gasteiger partial charge in [0.25, 0.3) is 0 Å². The van der Waals surface area contributed by atoms with Gasteiger partial charge >= 0.3 is 5.97 Å². The monoisotopic (exact) mass is 273 g/mol. The molecule has 0 radical (unpaired) electrons. The first kappa shape index (κ1) is 16.5. The molecule has 0 saturated carbocycles. The molecule has 17 heavy (non-hydrogen) atoms. The summed E-state index contributed by atoms with van der Waals surface area (Å²) in [5.74, 6) is -0.471. The zero-order valence-electron chi connectivity index (χ0n) is 9.49. The van der Waals surface area contributed by atoms with Crippen molar-refractivity contribution in [1.29, 1.82) is 0 Å². The molecule has 0 bridgehead atoms. The van der Waals surface area contributed by atoms with Crippen LogP contribution < -0.4 is 5.32 Å². The number of nitrogens with one attached hydrogen (secondary N) is 1. The molecule has 1 fully saturated rings. The largest absolute Gasteiger partial charge is 0.461 e. The molecule has 1 heterocycles. The zero-order valence-corrected chi connectivity index (χ0v) is 10.3. The Kier molecular flexibility index (Phi) is 9.30. The molecule has 0 amide bonds. The molecule has 0 aliphatic carbocycles. The third kappa shape index (κ3) is 8.29. The van der Waals surface area contributed by atoms with Gasteiger partial charge in [0.1, 0.15) is 12.7 Å². The molecule has 0 unspecified atom stereocenters. The number of hydrogen-bond donors (Lipinski definition) is 1. The number of esters is 1. The lowest BCUT2D eigenvalue weighted by molar-refractivity contribution is -0.155. The Hall–Kier alpha value is -0.460. The second kappa shape index (κ2) is 9.56. The molecule has 7 heteroatoms. The number of ether oxygens (including phenoxy) is 2. The van der Waals surface area contributed by atoms with Crippen molar-refractivity contribution < 1.29 is 23.0 Å². The molecular formula is C10H18ClF2NO3. The Balaban J connectivity index is 0.00000256. The second-order valence-electron chi connectivity index (χ2n) is 3.67. The lowest BCUT2D eigenvalue weighted by atomic mass is 10.1. The summed E-state index contributed by atoms with van der Waals surface area (Å²) in [7, 11) is 0. The van der Waals surface area contributed by atoms with Gasteiger partial charge in [-0.2, -0.15) is 0 Å². The molecule has 1 N–H and O–H groups in total. The van der Waals surface area contributed by atoms with Crippen LogP contribution >= 0.6 is 12.4 Å². The maximum absolute atomic E-state index is 11.7. The fourth-order valence-corrected chi connectivity index (χ4v) is 1.46. The number of alkyl halides is 2. The molecule has 0 aromatic carbocycles. The highest BCUT2D eigenvalue weighted by molar-refractivity contribution is 5.85. The average Bonchev–Trinajstić information content (AvgIpc) is 2.25. The van der Waals surface area contributed by atoms with E-state index in [9.17, 15) is 13.6 Å². The van der Waals surface area contributed by atoms with Crippen LogP contribution in [-0.2, 0) is 14.3 Å². The molecule has 0 spiro atoms. The molecule has 102 valence electrons. The van der Waals surface area contributed by atoms with E-state index in [0.717, 1.165) is 25.9 Å². The smallest absolute Gasteiger partial charge is 0.332 e. The van der Waals surface area contributed by atoms with Gasteiger partial charge in [-0.1, -0.05) is 0 Å². The summed E-state index contributed by atoms with van der Waals surface area (Å²) in [6.07, 6.45) is -1.21. The third-order valence-corrected chi connectivity index (χ3v) is 2.28. The second-order valence-corrected chi connectivity index (χ2v) is 3.67. The normalized spacial score (nSPS) is 16.6. The van der Waals surface area contributed by atoms with E-state index in [0.29, 0.717) is 0 Å². The van der Waals surface area contributed by atoms with Crippen LogP contribution in [0, 0.1) is 0 Å². The van der Waals surface area contributed by atoms with Gasteiger partial charge in [-0.15, -0.1) is 12.4 Å². The summed E-state index contributed by atoms with van der Waals surface area (Å²) in [5, 5.41) is 3.15. The topological polar surface area (TPSA) is 47.6 Å². The van der Waals surface area contributed by atoms with Gasteiger partial charge in [0.15, 0.2) is 0 Å². The van der Waals surface area contributed by atoms with Crippen LogP contribution in [0.3, 0.4) is 0 Å². The number of carbonyl (C=O) groups excluding carboxylic acids is 1. The molecule has 0 aromatic heterocycles. The molecule has 1 saturated heterocycles. The first-order chi connectivity index (χ1) is 7.68. The average molecular weight is 274 g/mol. The van der Waals surface area contributed by atoms with Gasteiger partial charge in [-0.3, -0.25) is 0 Å². The van der Waals surface area contributed by atoms with Crippen molar-refractivity contribution in [3.8, 4) is 0 Å². The minimum atomic E-state index is -2.39. The van der Waals surface area contributed by atoms with Crippen LogP contribution in [0.4, 0.5) is 8.78 Å². The van der Waals surface area contributed by atoms with Gasteiger partial charge in [0.2, 0.25) is 6.43 Å². The molecule has 1 aliphatic rings. The van der Waals surface area contributed by atoms with E-state index in [1.807, 2.05) is 0 Å². The number of rotatable bonds is 6. The van der Waals surface area contributed by atoms with Gasteiger partial charge < -0.3 is 14.8 Å². The van der Waals surface area contributed by atoms with Crippen LogP contribution in [0.15, 0.2) is 0 Å². The predicted octanol–water partition coefficient (Wildman–Crippen LogP) is 1.38. The molecular weight excluding hydrogens is 256 g/mol. The highest BCUT2D eigenvalue weighted by atomic mass is 35.5. The predicted molar refractivity (Wildman–Crippen MR) is 60.7 cm³/mol. The summed E-state index contributed by atoms with van der Waals surface area (Å²) < 4.78 is 33.3. The standard InChI is InChI=1S/C10H17F2NO3.ClH/c11-9(12)3-6-15-7-10(14)16-8-1-4-13-5-2-8;/h8-9,13H,1-7H2;1H. The molecule has 0 atom stereocenters. The van der Waals surface area contributed by atoms with Crippen LogP contribution in [0.5, 0.6) is 0 Å². The van der Waals surface area contributed by atoms with Gasteiger partial charge in [-0.05, 0) is 25.9 Å². The van der Waals surface area contributed by atoms with Crippen molar-refractivity contribution in [1.82, 2.24) is 5.32 Å². The van der Waals surface area contributed by atoms with E-state index in [4.69, 9.17) is 9.47 Å². The summed E-state index contributed by atoms with van der Waals surface area (Å²) in [6, 6.07) is 0. The van der Waals surface area contributed by atoms with E-state index < -0.39 is 12.4 Å². The van der Waals surface area contributed by atoms with E-state index in [1.54, 1.807) is 0 Å². The lowest BCUT2D eigenvalue weighted by Gasteiger charge is -2.22. The highest BCUT2D eigenvalue weighted by Crippen LogP contribution is 2.07.